The molecule has 0 aliphatic carbocycles. The molecular formula is C15H11N3O3. The first-order valence-corrected chi connectivity index (χ1v) is 6.20. The van der Waals surface area contributed by atoms with Crippen LogP contribution in [0.2, 0.25) is 0 Å². The SMILES string of the molecule is COc1nnc(-c2ccccn2)c2cc(C(=O)O)ccc12. The largest absolute Gasteiger partial charge is 0.479 e. The fraction of sp³-hybridized carbons (Fsp3) is 0.0667. The van der Waals surface area contributed by atoms with Gasteiger partial charge < -0.3 is 9.84 Å². The molecule has 0 fully saturated rings. The molecule has 0 saturated carbocycles. The van der Waals surface area contributed by atoms with Gasteiger partial charge in [0.05, 0.1) is 18.4 Å². The third kappa shape index (κ3) is 2.27. The molecule has 3 aromatic rings. The van der Waals surface area contributed by atoms with Crippen molar-refractivity contribution in [2.75, 3.05) is 7.11 Å². The number of carbonyl (C=O) groups is 1. The molecule has 1 aromatic carbocycles. The van der Waals surface area contributed by atoms with Crippen molar-refractivity contribution in [3.63, 3.8) is 0 Å². The second-order valence-electron chi connectivity index (χ2n) is 4.34. The summed E-state index contributed by atoms with van der Waals surface area (Å²) in [5.41, 5.74) is 1.32. The van der Waals surface area contributed by atoms with E-state index in [9.17, 15) is 4.79 Å². The summed E-state index contributed by atoms with van der Waals surface area (Å²) in [6.07, 6.45) is 1.65. The molecule has 2 heterocycles. The molecule has 3 rings (SSSR count). The van der Waals surface area contributed by atoms with Crippen molar-refractivity contribution in [2.45, 2.75) is 0 Å². The van der Waals surface area contributed by atoms with Gasteiger partial charge in [0.15, 0.2) is 0 Å². The number of methoxy groups -OCH3 is 1. The first-order chi connectivity index (χ1) is 10.2. The number of hydrogen-bond donors (Lipinski definition) is 1. The minimum absolute atomic E-state index is 0.176. The number of hydrogen-bond acceptors (Lipinski definition) is 5. The molecule has 2 aromatic heterocycles. The van der Waals surface area contributed by atoms with Gasteiger partial charge in [-0.3, -0.25) is 4.98 Å². The predicted molar refractivity (Wildman–Crippen MR) is 76.3 cm³/mol. The van der Waals surface area contributed by atoms with Crippen LogP contribution in [0.15, 0.2) is 42.6 Å². The molecular weight excluding hydrogens is 270 g/mol. The molecule has 0 aliphatic rings. The first-order valence-electron chi connectivity index (χ1n) is 6.20. The van der Waals surface area contributed by atoms with Crippen LogP contribution >= 0.6 is 0 Å². The zero-order valence-corrected chi connectivity index (χ0v) is 11.1. The third-order valence-electron chi connectivity index (χ3n) is 3.09. The maximum atomic E-state index is 11.2. The lowest BCUT2D eigenvalue weighted by atomic mass is 10.1. The van der Waals surface area contributed by atoms with E-state index in [1.165, 1.54) is 13.2 Å². The Balaban J connectivity index is 2.34. The molecule has 1 N–H and O–H groups in total. The van der Waals surface area contributed by atoms with Gasteiger partial charge in [-0.15, -0.1) is 10.2 Å². The molecule has 0 radical (unpaired) electrons. The normalized spacial score (nSPS) is 10.5. The van der Waals surface area contributed by atoms with E-state index in [0.29, 0.717) is 28.0 Å². The number of fused-ring (bicyclic) bond motifs is 1. The third-order valence-corrected chi connectivity index (χ3v) is 3.09. The average Bonchev–Trinajstić information content (AvgIpc) is 2.54. The van der Waals surface area contributed by atoms with Crippen LogP contribution in [-0.4, -0.2) is 33.4 Å². The summed E-state index contributed by atoms with van der Waals surface area (Å²) >= 11 is 0. The minimum atomic E-state index is -1.00. The van der Waals surface area contributed by atoms with E-state index in [-0.39, 0.29) is 5.56 Å². The van der Waals surface area contributed by atoms with Crippen LogP contribution in [0.25, 0.3) is 22.2 Å². The van der Waals surface area contributed by atoms with Crippen molar-refractivity contribution in [2.24, 2.45) is 0 Å². The highest BCUT2D eigenvalue weighted by Crippen LogP contribution is 2.30. The van der Waals surface area contributed by atoms with Crippen LogP contribution in [0.4, 0.5) is 0 Å². The zero-order chi connectivity index (χ0) is 14.8. The van der Waals surface area contributed by atoms with Crippen molar-refractivity contribution >= 4 is 16.7 Å². The number of benzene rings is 1. The number of aromatic nitrogens is 3. The molecule has 6 nitrogen and oxygen atoms in total. The maximum absolute atomic E-state index is 11.2. The fourth-order valence-electron chi connectivity index (χ4n) is 2.11. The summed E-state index contributed by atoms with van der Waals surface area (Å²) in [7, 11) is 1.50. The lowest BCUT2D eigenvalue weighted by Crippen LogP contribution is -2.00. The summed E-state index contributed by atoms with van der Waals surface area (Å²) < 4.78 is 5.18. The number of ether oxygens (including phenoxy) is 1. The molecule has 0 unspecified atom stereocenters. The van der Waals surface area contributed by atoms with Gasteiger partial charge in [-0.25, -0.2) is 4.79 Å². The summed E-state index contributed by atoms with van der Waals surface area (Å²) in [5.74, 6) is -0.652. The standard InChI is InChI=1S/C15H11N3O3/c1-21-14-10-6-5-9(15(19)20)8-11(10)13(17-18-14)12-4-2-3-7-16-12/h2-8H,1H3,(H,19,20). The molecule has 0 spiro atoms. The van der Waals surface area contributed by atoms with Crippen molar-refractivity contribution in [1.29, 1.82) is 0 Å². The number of carboxylic acid groups (broad SMARTS) is 1. The quantitative estimate of drug-likeness (QED) is 0.793. The Morgan fingerprint density at radius 2 is 2.00 bits per heavy atom. The molecule has 21 heavy (non-hydrogen) atoms. The van der Waals surface area contributed by atoms with Gasteiger partial charge in [-0.2, -0.15) is 0 Å². The van der Waals surface area contributed by atoms with E-state index in [1.807, 2.05) is 6.07 Å². The summed E-state index contributed by atoms with van der Waals surface area (Å²) in [6, 6.07) is 10.2. The molecule has 0 amide bonds. The summed E-state index contributed by atoms with van der Waals surface area (Å²) in [4.78, 5) is 15.4. The number of nitrogens with zero attached hydrogens (tertiary/aromatic N) is 3. The number of carboxylic acids is 1. The van der Waals surface area contributed by atoms with Gasteiger partial charge in [-0.05, 0) is 30.3 Å². The number of pyridine rings is 1. The van der Waals surface area contributed by atoms with Crippen LogP contribution < -0.4 is 4.74 Å². The zero-order valence-electron chi connectivity index (χ0n) is 11.1. The maximum Gasteiger partial charge on any atom is 0.335 e. The van der Waals surface area contributed by atoms with Gasteiger partial charge in [0.1, 0.15) is 5.69 Å². The van der Waals surface area contributed by atoms with Crippen LogP contribution in [0, 0.1) is 0 Å². The highest BCUT2D eigenvalue weighted by atomic mass is 16.5. The van der Waals surface area contributed by atoms with Crippen LogP contribution in [0.3, 0.4) is 0 Å². The Kier molecular flexibility index (Phi) is 3.19. The van der Waals surface area contributed by atoms with Gasteiger partial charge >= 0.3 is 5.97 Å². The van der Waals surface area contributed by atoms with Crippen LogP contribution in [0.1, 0.15) is 10.4 Å². The van der Waals surface area contributed by atoms with E-state index < -0.39 is 5.97 Å². The lowest BCUT2D eigenvalue weighted by molar-refractivity contribution is 0.0697. The van der Waals surface area contributed by atoms with Crippen molar-refractivity contribution < 1.29 is 14.6 Å². The van der Waals surface area contributed by atoms with Crippen LogP contribution in [0.5, 0.6) is 5.88 Å². The van der Waals surface area contributed by atoms with Crippen molar-refractivity contribution in [3.8, 4) is 17.3 Å². The van der Waals surface area contributed by atoms with Gasteiger partial charge in [0.25, 0.3) is 0 Å². The Morgan fingerprint density at radius 1 is 1.14 bits per heavy atom. The second-order valence-corrected chi connectivity index (χ2v) is 4.34. The van der Waals surface area contributed by atoms with Crippen molar-refractivity contribution in [3.05, 3.63) is 48.2 Å². The predicted octanol–water partition coefficient (Wildman–Crippen LogP) is 2.40. The van der Waals surface area contributed by atoms with Crippen molar-refractivity contribution in [1.82, 2.24) is 15.2 Å². The van der Waals surface area contributed by atoms with Gasteiger partial charge in [0, 0.05) is 17.0 Å². The number of aromatic carboxylic acids is 1. The van der Waals surface area contributed by atoms with E-state index in [0.717, 1.165) is 0 Å². The Hall–Kier alpha value is -3.02. The molecule has 0 saturated heterocycles. The Labute approximate surface area is 120 Å². The average molecular weight is 281 g/mol. The van der Waals surface area contributed by atoms with Gasteiger partial charge in [-0.1, -0.05) is 6.07 Å². The molecule has 0 atom stereocenters. The van der Waals surface area contributed by atoms with Crippen LogP contribution in [-0.2, 0) is 0 Å². The Bertz CT molecular complexity index is 819. The first kappa shape index (κ1) is 13.0. The summed E-state index contributed by atoms with van der Waals surface area (Å²) in [6.45, 7) is 0. The molecule has 104 valence electrons. The number of rotatable bonds is 3. The fourth-order valence-corrected chi connectivity index (χ4v) is 2.11. The monoisotopic (exact) mass is 281 g/mol. The van der Waals surface area contributed by atoms with E-state index in [4.69, 9.17) is 9.84 Å². The Morgan fingerprint density at radius 3 is 2.67 bits per heavy atom. The summed E-state index contributed by atoms with van der Waals surface area (Å²) in [5, 5.41) is 18.6. The highest BCUT2D eigenvalue weighted by Gasteiger charge is 2.14. The molecule has 0 bridgehead atoms. The second kappa shape index (κ2) is 5.16. The highest BCUT2D eigenvalue weighted by molar-refractivity contribution is 6.01. The molecule has 6 heteroatoms. The van der Waals surface area contributed by atoms with E-state index in [2.05, 4.69) is 15.2 Å². The molecule has 0 aliphatic heterocycles. The van der Waals surface area contributed by atoms with E-state index >= 15 is 0 Å². The smallest absolute Gasteiger partial charge is 0.335 e. The lowest BCUT2D eigenvalue weighted by Gasteiger charge is -2.08. The topological polar surface area (TPSA) is 85.2 Å². The van der Waals surface area contributed by atoms with Gasteiger partial charge in [0.2, 0.25) is 5.88 Å². The van der Waals surface area contributed by atoms with E-state index in [1.54, 1.807) is 30.5 Å². The minimum Gasteiger partial charge on any atom is -0.479 e.